The highest BCUT2D eigenvalue weighted by molar-refractivity contribution is 6.10. The molecule has 0 radical (unpaired) electrons. The number of benzene rings is 2. The lowest BCUT2D eigenvalue weighted by Gasteiger charge is -2.11. The van der Waals surface area contributed by atoms with Crippen molar-refractivity contribution in [3.05, 3.63) is 70.6 Å². The van der Waals surface area contributed by atoms with Gasteiger partial charge in [-0.2, -0.15) is 4.99 Å². The number of methoxy groups -OCH3 is 1. The Kier molecular flexibility index (Phi) is 4.21. The summed E-state index contributed by atoms with van der Waals surface area (Å²) in [4.78, 5) is 28.8. The van der Waals surface area contributed by atoms with Crippen LogP contribution in [0.3, 0.4) is 0 Å². The molecule has 0 saturated heterocycles. The SMILES string of the molecule is COc1ccc(-n2cc(C(=O)N=C(N)N)c3ccccc3c2=O)cc1. The average Bonchev–Trinajstić information content (AvgIpc) is 2.62. The number of fused-ring (bicyclic) bond motifs is 1. The van der Waals surface area contributed by atoms with E-state index < -0.39 is 5.91 Å². The van der Waals surface area contributed by atoms with Crippen molar-refractivity contribution in [2.75, 3.05) is 7.11 Å². The number of nitrogens with zero attached hydrogens (tertiary/aromatic N) is 2. The molecule has 0 aliphatic rings. The van der Waals surface area contributed by atoms with Gasteiger partial charge in [0.15, 0.2) is 5.96 Å². The summed E-state index contributed by atoms with van der Waals surface area (Å²) in [5.41, 5.74) is 11.2. The summed E-state index contributed by atoms with van der Waals surface area (Å²) in [5.74, 6) is -0.288. The summed E-state index contributed by atoms with van der Waals surface area (Å²) >= 11 is 0. The van der Waals surface area contributed by atoms with Gasteiger partial charge in [-0.25, -0.2) is 0 Å². The van der Waals surface area contributed by atoms with Crippen molar-refractivity contribution >= 4 is 22.6 Å². The van der Waals surface area contributed by atoms with Gasteiger partial charge in [0.25, 0.3) is 11.5 Å². The molecule has 0 aliphatic carbocycles. The van der Waals surface area contributed by atoms with Crippen molar-refractivity contribution in [2.24, 2.45) is 16.5 Å². The normalized spacial score (nSPS) is 10.4. The molecule has 25 heavy (non-hydrogen) atoms. The van der Waals surface area contributed by atoms with Gasteiger partial charge in [0, 0.05) is 22.7 Å². The topological polar surface area (TPSA) is 113 Å². The second-order valence-corrected chi connectivity index (χ2v) is 5.30. The number of ether oxygens (including phenoxy) is 1. The standard InChI is InChI=1S/C18H16N4O3/c1-25-12-8-6-11(7-9-12)22-10-15(16(23)21-18(19)20)13-4-2-3-5-14(13)17(22)24/h2-10H,1H3,(H4,19,20,21,23). The number of carbonyl (C=O) groups is 1. The number of aromatic nitrogens is 1. The molecular weight excluding hydrogens is 320 g/mol. The van der Waals surface area contributed by atoms with E-state index in [2.05, 4.69) is 4.99 Å². The first-order chi connectivity index (χ1) is 12.0. The zero-order valence-corrected chi connectivity index (χ0v) is 13.5. The van der Waals surface area contributed by atoms with E-state index in [9.17, 15) is 9.59 Å². The third kappa shape index (κ3) is 3.07. The third-order valence-electron chi connectivity index (χ3n) is 3.74. The Morgan fingerprint density at radius 2 is 1.68 bits per heavy atom. The molecule has 0 spiro atoms. The fourth-order valence-electron chi connectivity index (χ4n) is 2.57. The molecule has 3 aromatic rings. The third-order valence-corrected chi connectivity index (χ3v) is 3.74. The van der Waals surface area contributed by atoms with E-state index >= 15 is 0 Å². The van der Waals surface area contributed by atoms with Gasteiger partial charge in [0.05, 0.1) is 12.7 Å². The summed E-state index contributed by atoms with van der Waals surface area (Å²) < 4.78 is 6.51. The molecule has 0 saturated carbocycles. The highest BCUT2D eigenvalue weighted by atomic mass is 16.5. The van der Waals surface area contributed by atoms with Crippen LogP contribution in [0.5, 0.6) is 5.75 Å². The first-order valence-corrected chi connectivity index (χ1v) is 7.44. The molecule has 0 aliphatic heterocycles. The Morgan fingerprint density at radius 1 is 1.04 bits per heavy atom. The largest absolute Gasteiger partial charge is 0.497 e. The number of nitrogens with two attached hydrogens (primary N) is 2. The van der Waals surface area contributed by atoms with Crippen LogP contribution in [0.25, 0.3) is 16.5 Å². The summed E-state index contributed by atoms with van der Waals surface area (Å²) in [6.45, 7) is 0. The van der Waals surface area contributed by atoms with Crippen molar-refractivity contribution in [1.82, 2.24) is 4.57 Å². The summed E-state index contributed by atoms with van der Waals surface area (Å²) in [6, 6.07) is 13.7. The van der Waals surface area contributed by atoms with E-state index in [1.807, 2.05) is 0 Å². The van der Waals surface area contributed by atoms with E-state index in [0.717, 1.165) is 0 Å². The predicted octanol–water partition coefficient (Wildman–Crippen LogP) is 1.41. The molecule has 2 aromatic carbocycles. The van der Waals surface area contributed by atoms with Gasteiger partial charge < -0.3 is 16.2 Å². The zero-order chi connectivity index (χ0) is 18.0. The highest BCUT2D eigenvalue weighted by Crippen LogP contribution is 2.20. The van der Waals surface area contributed by atoms with Crippen LogP contribution in [0.1, 0.15) is 10.4 Å². The van der Waals surface area contributed by atoms with Crippen LogP contribution >= 0.6 is 0 Å². The van der Waals surface area contributed by atoms with Gasteiger partial charge in [-0.1, -0.05) is 18.2 Å². The van der Waals surface area contributed by atoms with Gasteiger partial charge in [-0.05, 0) is 30.3 Å². The van der Waals surface area contributed by atoms with Crippen molar-refractivity contribution in [1.29, 1.82) is 0 Å². The number of amides is 1. The number of aliphatic imine (C=N–C) groups is 1. The maximum absolute atomic E-state index is 12.8. The quantitative estimate of drug-likeness (QED) is 0.555. The molecule has 126 valence electrons. The molecule has 4 N–H and O–H groups in total. The van der Waals surface area contributed by atoms with Crippen molar-refractivity contribution in [3.8, 4) is 11.4 Å². The predicted molar refractivity (Wildman–Crippen MR) is 96.2 cm³/mol. The van der Waals surface area contributed by atoms with Gasteiger partial charge in [-0.15, -0.1) is 0 Å². The van der Waals surface area contributed by atoms with Crippen molar-refractivity contribution in [2.45, 2.75) is 0 Å². The maximum Gasteiger partial charge on any atom is 0.282 e. The fraction of sp³-hybridized carbons (Fsp3) is 0.0556. The Bertz CT molecular complexity index is 1030. The lowest BCUT2D eigenvalue weighted by atomic mass is 10.1. The van der Waals surface area contributed by atoms with Gasteiger partial charge in [-0.3, -0.25) is 14.2 Å². The second-order valence-electron chi connectivity index (χ2n) is 5.30. The maximum atomic E-state index is 12.8. The first-order valence-electron chi connectivity index (χ1n) is 7.44. The van der Waals surface area contributed by atoms with Gasteiger partial charge >= 0.3 is 0 Å². The monoisotopic (exact) mass is 336 g/mol. The Hall–Kier alpha value is -3.61. The van der Waals surface area contributed by atoms with Crippen LogP contribution in [0.15, 0.2) is 64.5 Å². The molecule has 3 rings (SSSR count). The van der Waals surface area contributed by atoms with E-state index in [1.54, 1.807) is 55.6 Å². The number of rotatable bonds is 3. The van der Waals surface area contributed by atoms with E-state index in [1.165, 1.54) is 10.8 Å². The van der Waals surface area contributed by atoms with E-state index in [-0.39, 0.29) is 17.1 Å². The Morgan fingerprint density at radius 3 is 2.28 bits per heavy atom. The van der Waals surface area contributed by atoms with E-state index in [4.69, 9.17) is 16.2 Å². The van der Waals surface area contributed by atoms with Gasteiger partial charge in [0.1, 0.15) is 5.75 Å². The summed E-state index contributed by atoms with van der Waals surface area (Å²) in [5, 5.41) is 0.891. The molecule has 1 heterocycles. The zero-order valence-electron chi connectivity index (χ0n) is 13.5. The van der Waals surface area contributed by atoms with Crippen LogP contribution in [0.4, 0.5) is 0 Å². The molecule has 0 unspecified atom stereocenters. The minimum atomic E-state index is -0.613. The number of hydrogen-bond donors (Lipinski definition) is 2. The summed E-state index contributed by atoms with van der Waals surface area (Å²) in [7, 11) is 1.56. The second kappa shape index (κ2) is 6.48. The van der Waals surface area contributed by atoms with Crippen molar-refractivity contribution in [3.63, 3.8) is 0 Å². The van der Waals surface area contributed by atoms with Crippen molar-refractivity contribution < 1.29 is 9.53 Å². The molecule has 0 bridgehead atoms. The summed E-state index contributed by atoms with van der Waals surface area (Å²) in [6.07, 6.45) is 1.45. The molecule has 0 fully saturated rings. The fourth-order valence-corrected chi connectivity index (χ4v) is 2.57. The van der Waals surface area contributed by atoms with Crippen LogP contribution in [-0.2, 0) is 0 Å². The highest BCUT2D eigenvalue weighted by Gasteiger charge is 2.15. The molecular formula is C18H16N4O3. The van der Waals surface area contributed by atoms with Crippen LogP contribution in [0.2, 0.25) is 0 Å². The molecule has 1 amide bonds. The Labute approximate surface area is 143 Å². The Balaban J connectivity index is 2.29. The van der Waals surface area contributed by atoms with Crippen LogP contribution < -0.4 is 21.8 Å². The average molecular weight is 336 g/mol. The van der Waals surface area contributed by atoms with E-state index in [0.29, 0.717) is 22.2 Å². The van der Waals surface area contributed by atoms with Crippen LogP contribution in [-0.4, -0.2) is 23.5 Å². The smallest absolute Gasteiger partial charge is 0.282 e. The lowest BCUT2D eigenvalue weighted by molar-refractivity contribution is 0.100. The number of hydrogen-bond acceptors (Lipinski definition) is 3. The molecule has 7 heteroatoms. The minimum absolute atomic E-state index is 0.236. The lowest BCUT2D eigenvalue weighted by Crippen LogP contribution is -2.25. The molecule has 1 aromatic heterocycles. The first kappa shape index (κ1) is 16.3. The molecule has 0 atom stereocenters. The van der Waals surface area contributed by atoms with Crippen LogP contribution in [0, 0.1) is 0 Å². The molecule has 7 nitrogen and oxygen atoms in total. The number of carbonyl (C=O) groups excluding carboxylic acids is 1. The number of pyridine rings is 1. The van der Waals surface area contributed by atoms with Gasteiger partial charge in [0.2, 0.25) is 0 Å². The number of guanidine groups is 1. The minimum Gasteiger partial charge on any atom is -0.497 e.